The van der Waals surface area contributed by atoms with Crippen LogP contribution in [0.25, 0.3) is 0 Å². The van der Waals surface area contributed by atoms with Gasteiger partial charge in [-0.25, -0.2) is 0 Å². The van der Waals surface area contributed by atoms with Crippen LogP contribution in [0.4, 0.5) is 5.69 Å². The second-order valence-corrected chi connectivity index (χ2v) is 6.09. The van der Waals surface area contributed by atoms with Crippen LogP contribution in [0.2, 0.25) is 0 Å². The van der Waals surface area contributed by atoms with Gasteiger partial charge >= 0.3 is 0 Å². The van der Waals surface area contributed by atoms with Crippen molar-refractivity contribution < 1.29 is 0 Å². The van der Waals surface area contributed by atoms with Gasteiger partial charge in [0.05, 0.1) is 0 Å². The minimum atomic E-state index is 0.307. The van der Waals surface area contributed by atoms with Gasteiger partial charge in [-0.15, -0.1) is 0 Å². The Hall–Kier alpha value is -0.550. The summed E-state index contributed by atoms with van der Waals surface area (Å²) in [6.07, 6.45) is 0. The molecule has 0 aromatic heterocycles. The van der Waals surface area contributed by atoms with Crippen molar-refractivity contribution in [3.8, 4) is 0 Å². The standard InChI is InChI=1S/C14H13BrIN/c1-10(11-5-7-12(15)8-6-11)17-14-4-2-3-13(16)9-14/h2-10,17H,1H3. The Balaban J connectivity index is 2.11. The third-order valence-electron chi connectivity index (χ3n) is 2.58. The molecule has 0 saturated carbocycles. The Morgan fingerprint density at radius 3 is 2.47 bits per heavy atom. The second-order valence-electron chi connectivity index (χ2n) is 3.93. The van der Waals surface area contributed by atoms with Gasteiger partial charge in [0.15, 0.2) is 0 Å². The first-order valence-electron chi connectivity index (χ1n) is 5.43. The summed E-state index contributed by atoms with van der Waals surface area (Å²) >= 11 is 5.77. The zero-order chi connectivity index (χ0) is 12.3. The van der Waals surface area contributed by atoms with Crippen molar-refractivity contribution >= 4 is 44.2 Å². The quantitative estimate of drug-likeness (QED) is 0.694. The Bertz CT molecular complexity index is 496. The van der Waals surface area contributed by atoms with Crippen LogP contribution in [-0.2, 0) is 0 Å². The van der Waals surface area contributed by atoms with E-state index >= 15 is 0 Å². The van der Waals surface area contributed by atoms with E-state index in [-0.39, 0.29) is 0 Å². The van der Waals surface area contributed by atoms with E-state index in [1.54, 1.807) is 0 Å². The van der Waals surface area contributed by atoms with Crippen molar-refractivity contribution in [1.29, 1.82) is 0 Å². The summed E-state index contributed by atoms with van der Waals surface area (Å²) in [7, 11) is 0. The molecule has 0 spiro atoms. The summed E-state index contributed by atoms with van der Waals surface area (Å²) in [6, 6.07) is 17.1. The predicted molar refractivity (Wildman–Crippen MR) is 85.3 cm³/mol. The Morgan fingerprint density at radius 2 is 1.82 bits per heavy atom. The zero-order valence-electron chi connectivity index (χ0n) is 9.45. The smallest absolute Gasteiger partial charge is 0.0485 e. The molecule has 1 unspecified atom stereocenters. The number of rotatable bonds is 3. The number of halogens is 2. The van der Waals surface area contributed by atoms with E-state index in [0.717, 1.165) is 10.2 Å². The Kier molecular flexibility index (Phi) is 4.45. The lowest BCUT2D eigenvalue weighted by Crippen LogP contribution is -2.06. The van der Waals surface area contributed by atoms with Crippen molar-refractivity contribution in [2.75, 3.05) is 5.32 Å². The van der Waals surface area contributed by atoms with Gasteiger partial charge in [-0.1, -0.05) is 34.1 Å². The van der Waals surface area contributed by atoms with E-state index in [4.69, 9.17) is 0 Å². The van der Waals surface area contributed by atoms with Crippen molar-refractivity contribution in [2.45, 2.75) is 13.0 Å². The fourth-order valence-corrected chi connectivity index (χ4v) is 2.47. The first kappa shape index (κ1) is 12.9. The third kappa shape index (κ3) is 3.71. The van der Waals surface area contributed by atoms with E-state index in [1.165, 1.54) is 9.13 Å². The van der Waals surface area contributed by atoms with Crippen LogP contribution in [0.3, 0.4) is 0 Å². The highest BCUT2D eigenvalue weighted by Crippen LogP contribution is 2.22. The van der Waals surface area contributed by atoms with Crippen molar-refractivity contribution in [2.24, 2.45) is 0 Å². The zero-order valence-corrected chi connectivity index (χ0v) is 13.2. The van der Waals surface area contributed by atoms with E-state index in [0.29, 0.717) is 6.04 Å². The molecular formula is C14H13BrIN. The maximum Gasteiger partial charge on any atom is 0.0485 e. The van der Waals surface area contributed by atoms with Crippen LogP contribution < -0.4 is 5.32 Å². The lowest BCUT2D eigenvalue weighted by atomic mass is 10.1. The van der Waals surface area contributed by atoms with E-state index in [9.17, 15) is 0 Å². The fraction of sp³-hybridized carbons (Fsp3) is 0.143. The Morgan fingerprint density at radius 1 is 1.12 bits per heavy atom. The molecule has 3 heteroatoms. The fourth-order valence-electron chi connectivity index (χ4n) is 1.66. The topological polar surface area (TPSA) is 12.0 Å². The maximum atomic E-state index is 3.50. The third-order valence-corrected chi connectivity index (χ3v) is 3.78. The van der Waals surface area contributed by atoms with Gasteiger partial charge < -0.3 is 5.32 Å². The molecule has 1 atom stereocenters. The monoisotopic (exact) mass is 401 g/mol. The highest BCUT2D eigenvalue weighted by molar-refractivity contribution is 14.1. The number of hydrogen-bond donors (Lipinski definition) is 1. The molecule has 0 bridgehead atoms. The van der Waals surface area contributed by atoms with E-state index < -0.39 is 0 Å². The van der Waals surface area contributed by atoms with Gasteiger partial charge in [0.25, 0.3) is 0 Å². The molecular weight excluding hydrogens is 389 g/mol. The molecule has 0 aliphatic rings. The summed E-state index contributed by atoms with van der Waals surface area (Å²) in [4.78, 5) is 0. The normalized spacial score (nSPS) is 12.2. The summed E-state index contributed by atoms with van der Waals surface area (Å²) in [5.41, 5.74) is 2.44. The second kappa shape index (κ2) is 5.87. The maximum absolute atomic E-state index is 3.50. The highest BCUT2D eigenvalue weighted by atomic mass is 127. The lowest BCUT2D eigenvalue weighted by molar-refractivity contribution is 0.884. The average molecular weight is 402 g/mol. The number of nitrogens with one attached hydrogen (secondary N) is 1. The highest BCUT2D eigenvalue weighted by Gasteiger charge is 2.04. The van der Waals surface area contributed by atoms with Crippen molar-refractivity contribution in [3.63, 3.8) is 0 Å². The minimum Gasteiger partial charge on any atom is -0.378 e. The van der Waals surface area contributed by atoms with Gasteiger partial charge in [-0.05, 0) is 65.4 Å². The number of benzene rings is 2. The summed E-state index contributed by atoms with van der Waals surface area (Å²) < 4.78 is 2.36. The SMILES string of the molecule is CC(Nc1cccc(I)c1)c1ccc(Br)cc1. The summed E-state index contributed by atoms with van der Waals surface area (Å²) in [5, 5.41) is 3.50. The molecule has 0 aliphatic carbocycles. The number of anilines is 1. The molecule has 17 heavy (non-hydrogen) atoms. The van der Waals surface area contributed by atoms with Gasteiger partial charge in [0, 0.05) is 19.8 Å². The van der Waals surface area contributed by atoms with Crippen LogP contribution in [0.15, 0.2) is 53.0 Å². The molecule has 0 heterocycles. The first-order valence-corrected chi connectivity index (χ1v) is 7.30. The van der Waals surface area contributed by atoms with Crippen LogP contribution in [0.1, 0.15) is 18.5 Å². The van der Waals surface area contributed by atoms with Crippen LogP contribution >= 0.6 is 38.5 Å². The Labute approximate surface area is 124 Å². The van der Waals surface area contributed by atoms with Crippen LogP contribution in [0.5, 0.6) is 0 Å². The average Bonchev–Trinajstić information content (AvgIpc) is 2.29. The molecule has 2 aromatic rings. The van der Waals surface area contributed by atoms with Crippen molar-refractivity contribution in [1.82, 2.24) is 0 Å². The van der Waals surface area contributed by atoms with Gasteiger partial charge in [0.2, 0.25) is 0 Å². The van der Waals surface area contributed by atoms with E-state index in [2.05, 4.69) is 99.3 Å². The molecule has 2 aromatic carbocycles. The lowest BCUT2D eigenvalue weighted by Gasteiger charge is -2.16. The van der Waals surface area contributed by atoms with E-state index in [1.807, 2.05) is 0 Å². The molecule has 0 saturated heterocycles. The molecule has 1 N–H and O–H groups in total. The molecule has 2 rings (SSSR count). The minimum absolute atomic E-state index is 0.307. The van der Waals surface area contributed by atoms with Crippen LogP contribution in [0, 0.1) is 3.57 Å². The molecule has 1 nitrogen and oxygen atoms in total. The van der Waals surface area contributed by atoms with Gasteiger partial charge in [-0.2, -0.15) is 0 Å². The summed E-state index contributed by atoms with van der Waals surface area (Å²) in [6.45, 7) is 2.17. The molecule has 88 valence electrons. The molecule has 0 fully saturated rings. The van der Waals surface area contributed by atoms with Gasteiger partial charge in [-0.3, -0.25) is 0 Å². The van der Waals surface area contributed by atoms with Gasteiger partial charge in [0.1, 0.15) is 0 Å². The van der Waals surface area contributed by atoms with Crippen LogP contribution in [-0.4, -0.2) is 0 Å². The first-order chi connectivity index (χ1) is 8.15. The number of hydrogen-bond acceptors (Lipinski definition) is 1. The van der Waals surface area contributed by atoms with Crippen molar-refractivity contribution in [3.05, 3.63) is 62.1 Å². The molecule has 0 amide bonds. The largest absolute Gasteiger partial charge is 0.378 e. The molecule has 0 radical (unpaired) electrons. The molecule has 0 aliphatic heterocycles. The summed E-state index contributed by atoms with van der Waals surface area (Å²) in [5.74, 6) is 0. The predicted octanol–water partition coefficient (Wildman–Crippen LogP) is 5.23.